The molecule has 2 aliphatic rings. The Hall–Kier alpha value is -3.46. The van der Waals surface area contributed by atoms with Gasteiger partial charge in [-0.15, -0.1) is 0 Å². The van der Waals surface area contributed by atoms with Gasteiger partial charge < -0.3 is 24.2 Å². The number of hydrogen-bond acceptors (Lipinski definition) is 6. The predicted octanol–water partition coefficient (Wildman–Crippen LogP) is 1.32. The van der Waals surface area contributed by atoms with Gasteiger partial charge in [0.25, 0.3) is 0 Å². The summed E-state index contributed by atoms with van der Waals surface area (Å²) in [4.78, 5) is 48.1. The molecule has 0 bridgehead atoms. The number of nitrogens with zero attached hydrogens (tertiary/aromatic N) is 4. The molecule has 3 amide bonds. The molecule has 0 radical (unpaired) electrons. The van der Waals surface area contributed by atoms with Crippen LogP contribution < -0.4 is 4.74 Å². The van der Waals surface area contributed by atoms with Crippen molar-refractivity contribution in [3.8, 4) is 5.75 Å². The third kappa shape index (κ3) is 5.53. The molecule has 9 nitrogen and oxygen atoms in total. The lowest BCUT2D eigenvalue weighted by Crippen LogP contribution is -2.43. The summed E-state index contributed by atoms with van der Waals surface area (Å²) >= 11 is 0. The number of aromatic nitrogens is 1. The first kappa shape index (κ1) is 23.7. The fourth-order valence-corrected chi connectivity index (χ4v) is 4.44. The van der Waals surface area contributed by atoms with Gasteiger partial charge in [-0.1, -0.05) is 18.2 Å². The van der Waals surface area contributed by atoms with Crippen molar-refractivity contribution in [3.63, 3.8) is 0 Å². The molecule has 0 unspecified atom stereocenters. The molecule has 34 heavy (non-hydrogen) atoms. The first-order valence-corrected chi connectivity index (χ1v) is 11.4. The van der Waals surface area contributed by atoms with E-state index in [0.29, 0.717) is 32.7 Å². The minimum atomic E-state index is -0.477. The van der Waals surface area contributed by atoms with Crippen molar-refractivity contribution in [2.75, 3.05) is 40.4 Å². The lowest BCUT2D eigenvalue weighted by molar-refractivity contribution is -0.141. The van der Waals surface area contributed by atoms with Crippen molar-refractivity contribution in [2.45, 2.75) is 25.6 Å². The molecule has 0 saturated carbocycles. The molecule has 0 aliphatic carbocycles. The van der Waals surface area contributed by atoms with Crippen molar-refractivity contribution in [3.05, 3.63) is 59.9 Å². The molecule has 2 atom stereocenters. The second-order valence-electron chi connectivity index (χ2n) is 8.70. The highest BCUT2D eigenvalue weighted by molar-refractivity contribution is 5.91. The van der Waals surface area contributed by atoms with Crippen molar-refractivity contribution in [2.24, 2.45) is 5.92 Å². The average Bonchev–Trinajstić information content (AvgIpc) is 3.14. The number of carbonyl (C=O) groups excluding carboxylic acids is 3. The number of benzene rings is 1. The highest BCUT2D eigenvalue weighted by atomic mass is 16.5. The highest BCUT2D eigenvalue weighted by Crippen LogP contribution is 2.23. The van der Waals surface area contributed by atoms with Gasteiger partial charge in [-0.25, -0.2) is 0 Å². The Morgan fingerprint density at radius 2 is 1.74 bits per heavy atom. The van der Waals surface area contributed by atoms with E-state index in [1.165, 1.54) is 0 Å². The molecule has 0 spiro atoms. The molecule has 4 rings (SSSR count). The van der Waals surface area contributed by atoms with Crippen LogP contribution >= 0.6 is 0 Å². The van der Waals surface area contributed by atoms with Gasteiger partial charge in [0.1, 0.15) is 5.75 Å². The standard InChI is InChI=1S/C25H30N4O5/c1-33-21-8-6-18(7-9-21)12-27-15-22(34-2)16-29(17-24(27)31)25(32)19-11-23(30)28(13-19)14-20-5-3-4-10-26-20/h3-10,19,22H,11-17H2,1-2H3/t19-,22-/m1/s1. The molecule has 0 N–H and O–H groups in total. The van der Waals surface area contributed by atoms with Crippen LogP contribution in [-0.4, -0.2) is 83.9 Å². The third-order valence-corrected chi connectivity index (χ3v) is 6.35. The van der Waals surface area contributed by atoms with Crippen LogP contribution in [0, 0.1) is 5.92 Å². The van der Waals surface area contributed by atoms with E-state index in [1.54, 1.807) is 35.1 Å². The molecule has 2 aromatic rings. The monoisotopic (exact) mass is 466 g/mol. The zero-order valence-electron chi connectivity index (χ0n) is 19.6. The molecule has 2 aliphatic heterocycles. The molecule has 1 aromatic carbocycles. The van der Waals surface area contributed by atoms with Gasteiger partial charge in [0.2, 0.25) is 17.7 Å². The summed E-state index contributed by atoms with van der Waals surface area (Å²) in [7, 11) is 3.19. The summed E-state index contributed by atoms with van der Waals surface area (Å²) in [5, 5.41) is 0. The van der Waals surface area contributed by atoms with Crippen LogP contribution in [0.25, 0.3) is 0 Å². The van der Waals surface area contributed by atoms with E-state index >= 15 is 0 Å². The molecule has 1 aromatic heterocycles. The summed E-state index contributed by atoms with van der Waals surface area (Å²) in [6.07, 6.45) is 1.52. The first-order valence-electron chi connectivity index (χ1n) is 11.4. The zero-order chi connectivity index (χ0) is 24.1. The smallest absolute Gasteiger partial charge is 0.242 e. The van der Waals surface area contributed by atoms with Gasteiger partial charge >= 0.3 is 0 Å². The molecule has 2 saturated heterocycles. The van der Waals surface area contributed by atoms with Crippen molar-refractivity contribution >= 4 is 17.7 Å². The van der Waals surface area contributed by atoms with Crippen molar-refractivity contribution in [1.82, 2.24) is 19.7 Å². The van der Waals surface area contributed by atoms with E-state index in [4.69, 9.17) is 9.47 Å². The minimum absolute atomic E-state index is 0.0280. The number of pyridine rings is 1. The van der Waals surface area contributed by atoms with E-state index in [1.807, 2.05) is 42.5 Å². The van der Waals surface area contributed by atoms with Crippen LogP contribution in [0.1, 0.15) is 17.7 Å². The Morgan fingerprint density at radius 3 is 2.41 bits per heavy atom. The van der Waals surface area contributed by atoms with E-state index in [2.05, 4.69) is 4.98 Å². The lowest BCUT2D eigenvalue weighted by Gasteiger charge is -2.25. The van der Waals surface area contributed by atoms with Crippen LogP contribution in [-0.2, 0) is 32.2 Å². The lowest BCUT2D eigenvalue weighted by atomic mass is 10.1. The second kappa shape index (κ2) is 10.6. The Labute approximate surface area is 199 Å². The molecule has 9 heteroatoms. The summed E-state index contributed by atoms with van der Waals surface area (Å²) in [5.41, 5.74) is 1.75. The molecule has 3 heterocycles. The Balaban J connectivity index is 1.41. The maximum atomic E-state index is 13.3. The van der Waals surface area contributed by atoms with E-state index in [0.717, 1.165) is 17.0 Å². The Kier molecular flexibility index (Phi) is 7.42. The van der Waals surface area contributed by atoms with Gasteiger partial charge in [0.15, 0.2) is 0 Å². The van der Waals surface area contributed by atoms with Crippen molar-refractivity contribution in [1.29, 1.82) is 0 Å². The fourth-order valence-electron chi connectivity index (χ4n) is 4.44. The summed E-state index contributed by atoms with van der Waals surface area (Å²) in [6, 6.07) is 13.1. The number of ether oxygens (including phenoxy) is 2. The number of likely N-dealkylation sites (tertiary alicyclic amines) is 1. The number of methoxy groups -OCH3 is 2. The summed E-state index contributed by atoms with van der Waals surface area (Å²) in [5.74, 6) is -0.123. The number of hydrogen-bond donors (Lipinski definition) is 0. The predicted molar refractivity (Wildman–Crippen MR) is 124 cm³/mol. The van der Waals surface area contributed by atoms with Gasteiger partial charge in [0, 0.05) is 45.9 Å². The topological polar surface area (TPSA) is 92.3 Å². The van der Waals surface area contributed by atoms with E-state index in [-0.39, 0.29) is 36.8 Å². The van der Waals surface area contributed by atoms with Crippen LogP contribution in [0.4, 0.5) is 0 Å². The largest absolute Gasteiger partial charge is 0.497 e. The number of rotatable bonds is 7. The highest BCUT2D eigenvalue weighted by Gasteiger charge is 2.39. The maximum Gasteiger partial charge on any atom is 0.242 e. The van der Waals surface area contributed by atoms with E-state index < -0.39 is 5.92 Å². The Bertz CT molecular complexity index is 1010. The van der Waals surface area contributed by atoms with E-state index in [9.17, 15) is 14.4 Å². The summed E-state index contributed by atoms with van der Waals surface area (Å²) in [6.45, 7) is 1.79. The molecule has 2 fully saturated rings. The number of amides is 3. The fraction of sp³-hybridized carbons (Fsp3) is 0.440. The minimum Gasteiger partial charge on any atom is -0.497 e. The third-order valence-electron chi connectivity index (χ3n) is 6.35. The Morgan fingerprint density at radius 1 is 0.971 bits per heavy atom. The molecule has 180 valence electrons. The van der Waals surface area contributed by atoms with Crippen LogP contribution in [0.5, 0.6) is 5.75 Å². The second-order valence-corrected chi connectivity index (χ2v) is 8.70. The van der Waals surface area contributed by atoms with Gasteiger partial charge in [-0.3, -0.25) is 19.4 Å². The quantitative estimate of drug-likeness (QED) is 0.611. The van der Waals surface area contributed by atoms with Gasteiger partial charge in [-0.2, -0.15) is 0 Å². The van der Waals surface area contributed by atoms with Gasteiger partial charge in [0.05, 0.1) is 37.9 Å². The number of carbonyl (C=O) groups is 3. The zero-order valence-corrected chi connectivity index (χ0v) is 19.6. The average molecular weight is 467 g/mol. The van der Waals surface area contributed by atoms with Crippen LogP contribution in [0.2, 0.25) is 0 Å². The van der Waals surface area contributed by atoms with Crippen LogP contribution in [0.3, 0.4) is 0 Å². The van der Waals surface area contributed by atoms with Crippen molar-refractivity contribution < 1.29 is 23.9 Å². The normalized spacial score (nSPS) is 21.1. The molecular formula is C25H30N4O5. The van der Waals surface area contributed by atoms with Gasteiger partial charge in [-0.05, 0) is 29.8 Å². The first-order chi connectivity index (χ1) is 16.5. The maximum absolute atomic E-state index is 13.3. The molecular weight excluding hydrogens is 436 g/mol. The summed E-state index contributed by atoms with van der Waals surface area (Å²) < 4.78 is 10.8. The SMILES string of the molecule is COc1ccc(CN2C[C@@H](OC)CN(C(=O)[C@@H]3CC(=O)N(Cc4ccccn4)C3)CC2=O)cc1. The van der Waals surface area contributed by atoms with Crippen LogP contribution in [0.15, 0.2) is 48.7 Å².